The van der Waals surface area contributed by atoms with Crippen molar-refractivity contribution in [2.45, 2.75) is 12.5 Å². The maximum absolute atomic E-state index is 11.2. The first kappa shape index (κ1) is 9.73. The number of furan rings is 1. The van der Waals surface area contributed by atoms with Crippen LogP contribution in [0, 0.1) is 5.92 Å². The Labute approximate surface area is 83.0 Å². The lowest BCUT2D eigenvalue weighted by Gasteiger charge is -2.15. The molecule has 2 rings (SSSR count). The van der Waals surface area contributed by atoms with Crippen molar-refractivity contribution in [3.05, 3.63) is 24.2 Å². The highest BCUT2D eigenvalue weighted by Crippen LogP contribution is 2.29. The Balaban J connectivity index is 2.11. The molecule has 2 N–H and O–H groups in total. The van der Waals surface area contributed by atoms with Crippen LogP contribution in [0.2, 0.25) is 0 Å². The molecule has 0 spiro atoms. The van der Waals surface area contributed by atoms with Crippen LogP contribution in [0.15, 0.2) is 23.0 Å². The van der Waals surface area contributed by atoms with Crippen molar-refractivity contribution in [3.8, 4) is 0 Å². The number of nitrogens with two attached hydrogens (primary N) is 1. The molecular formula is C9H13NO3S. The first-order chi connectivity index (χ1) is 6.58. The molecule has 0 radical (unpaired) electrons. The minimum atomic E-state index is -2.84. The van der Waals surface area contributed by atoms with Gasteiger partial charge in [0.15, 0.2) is 9.84 Å². The van der Waals surface area contributed by atoms with Crippen molar-refractivity contribution in [2.75, 3.05) is 11.5 Å². The Morgan fingerprint density at radius 3 is 2.86 bits per heavy atom. The summed E-state index contributed by atoms with van der Waals surface area (Å²) in [7, 11) is -2.84. The molecule has 0 aromatic carbocycles. The molecule has 1 fully saturated rings. The number of rotatable bonds is 2. The standard InChI is InChI=1S/C9H13NO3S/c10-9(7-1-3-13-5-7)8-2-4-14(11,12)6-8/h1,3,5,8-9H,2,4,6,10H2. The smallest absolute Gasteiger partial charge is 0.150 e. The summed E-state index contributed by atoms with van der Waals surface area (Å²) in [4.78, 5) is 0. The maximum atomic E-state index is 11.2. The molecule has 1 saturated heterocycles. The van der Waals surface area contributed by atoms with Crippen LogP contribution in [0.25, 0.3) is 0 Å². The summed E-state index contributed by atoms with van der Waals surface area (Å²) < 4.78 is 27.4. The molecule has 0 amide bonds. The minimum Gasteiger partial charge on any atom is -0.472 e. The average Bonchev–Trinajstić information content (AvgIpc) is 2.72. The van der Waals surface area contributed by atoms with Gasteiger partial charge in [-0.15, -0.1) is 0 Å². The lowest BCUT2D eigenvalue weighted by atomic mass is 9.95. The van der Waals surface area contributed by atoms with E-state index in [4.69, 9.17) is 10.2 Å². The van der Waals surface area contributed by atoms with E-state index >= 15 is 0 Å². The second-order valence-corrected chi connectivity index (χ2v) is 5.97. The molecule has 2 unspecified atom stereocenters. The third kappa shape index (κ3) is 1.83. The number of sulfone groups is 1. The molecule has 1 aromatic rings. The van der Waals surface area contributed by atoms with E-state index in [1.807, 2.05) is 0 Å². The fourth-order valence-electron chi connectivity index (χ4n) is 1.84. The molecule has 1 aromatic heterocycles. The summed E-state index contributed by atoms with van der Waals surface area (Å²) in [5.74, 6) is 0.514. The van der Waals surface area contributed by atoms with E-state index in [1.165, 1.54) is 0 Å². The molecule has 14 heavy (non-hydrogen) atoms. The average molecular weight is 215 g/mol. The summed E-state index contributed by atoms with van der Waals surface area (Å²) in [6.45, 7) is 0. The monoisotopic (exact) mass is 215 g/mol. The largest absolute Gasteiger partial charge is 0.472 e. The summed E-state index contributed by atoms with van der Waals surface area (Å²) in [5, 5.41) is 0. The predicted octanol–water partition coefficient (Wildman–Crippen LogP) is 0.714. The van der Waals surface area contributed by atoms with Crippen LogP contribution < -0.4 is 5.73 Å². The molecule has 2 atom stereocenters. The van der Waals surface area contributed by atoms with Crippen molar-refractivity contribution in [1.82, 2.24) is 0 Å². The van der Waals surface area contributed by atoms with E-state index in [0.29, 0.717) is 6.42 Å². The second kappa shape index (κ2) is 3.40. The molecular weight excluding hydrogens is 202 g/mol. The van der Waals surface area contributed by atoms with Gasteiger partial charge in [0.25, 0.3) is 0 Å². The zero-order valence-electron chi connectivity index (χ0n) is 7.72. The third-order valence-corrected chi connectivity index (χ3v) is 4.50. The number of hydrogen-bond acceptors (Lipinski definition) is 4. The van der Waals surface area contributed by atoms with Gasteiger partial charge >= 0.3 is 0 Å². The van der Waals surface area contributed by atoms with Gasteiger partial charge in [-0.3, -0.25) is 0 Å². The molecule has 78 valence electrons. The zero-order chi connectivity index (χ0) is 10.2. The number of hydrogen-bond donors (Lipinski definition) is 1. The van der Waals surface area contributed by atoms with Gasteiger partial charge in [0.1, 0.15) is 0 Å². The molecule has 5 heteroatoms. The van der Waals surface area contributed by atoms with Crippen molar-refractivity contribution in [3.63, 3.8) is 0 Å². The van der Waals surface area contributed by atoms with Crippen molar-refractivity contribution in [1.29, 1.82) is 0 Å². The van der Waals surface area contributed by atoms with Crippen LogP contribution in [-0.2, 0) is 9.84 Å². The van der Waals surface area contributed by atoms with Gasteiger partial charge in [0.2, 0.25) is 0 Å². The summed E-state index contributed by atoms with van der Waals surface area (Å²) in [5.41, 5.74) is 6.82. The predicted molar refractivity (Wildman–Crippen MR) is 52.4 cm³/mol. The third-order valence-electron chi connectivity index (χ3n) is 2.70. The summed E-state index contributed by atoms with van der Waals surface area (Å²) in [6, 6.07) is 1.57. The summed E-state index contributed by atoms with van der Waals surface area (Å²) in [6.07, 6.45) is 3.79. The summed E-state index contributed by atoms with van der Waals surface area (Å²) >= 11 is 0. The Morgan fingerprint density at radius 2 is 2.36 bits per heavy atom. The van der Waals surface area contributed by atoms with E-state index in [-0.39, 0.29) is 23.5 Å². The fourth-order valence-corrected chi connectivity index (χ4v) is 3.70. The van der Waals surface area contributed by atoms with Gasteiger partial charge in [0.05, 0.1) is 24.0 Å². The van der Waals surface area contributed by atoms with E-state index in [9.17, 15) is 8.42 Å². The van der Waals surface area contributed by atoms with Crippen LogP contribution >= 0.6 is 0 Å². The van der Waals surface area contributed by atoms with Crippen molar-refractivity contribution in [2.24, 2.45) is 11.7 Å². The van der Waals surface area contributed by atoms with Gasteiger partial charge < -0.3 is 10.2 Å². The topological polar surface area (TPSA) is 73.3 Å². The Hall–Kier alpha value is -0.810. The molecule has 1 aliphatic heterocycles. The van der Waals surface area contributed by atoms with Crippen LogP contribution in [0.5, 0.6) is 0 Å². The molecule has 0 saturated carbocycles. The van der Waals surface area contributed by atoms with Gasteiger partial charge in [-0.05, 0) is 18.4 Å². The Bertz CT molecular complexity index is 396. The zero-order valence-corrected chi connectivity index (χ0v) is 8.53. The highest BCUT2D eigenvalue weighted by atomic mass is 32.2. The SMILES string of the molecule is NC(c1ccoc1)C1CCS(=O)(=O)C1. The molecule has 2 heterocycles. The van der Waals surface area contributed by atoms with E-state index < -0.39 is 9.84 Å². The molecule has 0 aliphatic carbocycles. The molecule has 4 nitrogen and oxygen atoms in total. The van der Waals surface area contributed by atoms with Crippen molar-refractivity contribution < 1.29 is 12.8 Å². The second-order valence-electron chi connectivity index (χ2n) is 3.75. The normalized spacial score (nSPS) is 27.6. The quantitative estimate of drug-likeness (QED) is 0.788. The highest BCUT2D eigenvalue weighted by Gasteiger charge is 2.32. The van der Waals surface area contributed by atoms with Crippen molar-refractivity contribution >= 4 is 9.84 Å². The Morgan fingerprint density at radius 1 is 1.57 bits per heavy atom. The van der Waals surface area contributed by atoms with Gasteiger partial charge in [-0.25, -0.2) is 8.42 Å². The minimum absolute atomic E-state index is 0.0394. The van der Waals surface area contributed by atoms with Crippen LogP contribution in [0.1, 0.15) is 18.0 Å². The van der Waals surface area contributed by atoms with Crippen LogP contribution in [0.4, 0.5) is 0 Å². The maximum Gasteiger partial charge on any atom is 0.150 e. The molecule has 1 aliphatic rings. The fraction of sp³-hybridized carbons (Fsp3) is 0.556. The van der Waals surface area contributed by atoms with Crippen LogP contribution in [-0.4, -0.2) is 19.9 Å². The first-order valence-corrected chi connectivity index (χ1v) is 6.39. The molecule has 0 bridgehead atoms. The lowest BCUT2D eigenvalue weighted by Crippen LogP contribution is -2.21. The van der Waals surface area contributed by atoms with Crippen LogP contribution in [0.3, 0.4) is 0 Å². The first-order valence-electron chi connectivity index (χ1n) is 4.56. The Kier molecular flexibility index (Phi) is 2.36. The highest BCUT2D eigenvalue weighted by molar-refractivity contribution is 7.91. The van der Waals surface area contributed by atoms with E-state index in [1.54, 1.807) is 18.6 Å². The van der Waals surface area contributed by atoms with Gasteiger partial charge in [-0.1, -0.05) is 0 Å². The van der Waals surface area contributed by atoms with Gasteiger partial charge in [-0.2, -0.15) is 0 Å². The van der Waals surface area contributed by atoms with E-state index in [0.717, 1.165) is 5.56 Å². The lowest BCUT2D eigenvalue weighted by molar-refractivity contribution is 0.472. The van der Waals surface area contributed by atoms with E-state index in [2.05, 4.69) is 0 Å². The van der Waals surface area contributed by atoms with Gasteiger partial charge in [0, 0.05) is 11.6 Å².